The van der Waals surface area contributed by atoms with Gasteiger partial charge in [0.15, 0.2) is 0 Å². The Bertz CT molecular complexity index is 470. The number of hydrogen-bond acceptors (Lipinski definition) is 3. The normalized spacial score (nSPS) is 28.5. The second-order valence-electron chi connectivity index (χ2n) is 7.11. The maximum atomic E-state index is 10.5. The van der Waals surface area contributed by atoms with Gasteiger partial charge in [-0.2, -0.15) is 10.2 Å². The molecule has 0 spiro atoms. The predicted molar refractivity (Wildman–Crippen MR) is 97.2 cm³/mol. The fourth-order valence-corrected chi connectivity index (χ4v) is 3.82. The number of carbonyl (C=O) groups is 1. The monoisotopic (exact) mass is 332 g/mol. The van der Waals surface area contributed by atoms with Gasteiger partial charge in [-0.3, -0.25) is 4.79 Å². The minimum atomic E-state index is -0.707. The van der Waals surface area contributed by atoms with Crippen LogP contribution in [0.15, 0.2) is 34.5 Å². The Labute approximate surface area is 146 Å². The predicted octanol–water partition coefficient (Wildman–Crippen LogP) is 5.55. The molecule has 0 radical (unpaired) electrons. The third-order valence-electron chi connectivity index (χ3n) is 5.20. The zero-order chi connectivity index (χ0) is 17.2. The van der Waals surface area contributed by atoms with Gasteiger partial charge >= 0.3 is 5.97 Å². The molecular weight excluding hydrogens is 300 g/mol. The molecular formula is C20H32N2O2. The van der Waals surface area contributed by atoms with Crippen molar-refractivity contribution in [3.63, 3.8) is 0 Å². The van der Waals surface area contributed by atoms with Gasteiger partial charge in [-0.25, -0.2) is 0 Å². The van der Waals surface area contributed by atoms with Crippen molar-refractivity contribution in [2.75, 3.05) is 0 Å². The first-order valence-corrected chi connectivity index (χ1v) is 9.65. The number of carboxylic acid groups (broad SMARTS) is 1. The number of hydrogen-bond donors (Lipinski definition) is 1. The largest absolute Gasteiger partial charge is 0.481 e. The molecule has 4 heteroatoms. The Balaban J connectivity index is 1.73. The number of aliphatic carboxylic acids is 1. The second kappa shape index (κ2) is 10.4. The Hall–Kier alpha value is -1.45. The number of allylic oxidation sites excluding steroid dienone is 3. The van der Waals surface area contributed by atoms with E-state index < -0.39 is 5.97 Å². The molecule has 4 nitrogen and oxygen atoms in total. The standard InChI is InChI=1S/C20H32N2O2/c1-2-3-4-5-6-9-12-16-17(19-15-18(16)21-22-19)13-10-7-8-11-14-20(23)24/h7,9-10,12,16-19H,2-6,8,11,13-15H2,1H3,(H,23,24)/b10-7-,12-9+/t16-,17-,18-,19-/m1/s1. The molecule has 24 heavy (non-hydrogen) atoms. The van der Waals surface area contributed by atoms with E-state index in [1.165, 1.54) is 32.1 Å². The second-order valence-corrected chi connectivity index (χ2v) is 7.11. The summed E-state index contributed by atoms with van der Waals surface area (Å²) in [6.07, 6.45) is 19.6. The Morgan fingerprint density at radius 1 is 1.04 bits per heavy atom. The van der Waals surface area contributed by atoms with Crippen LogP contribution in [0.4, 0.5) is 0 Å². The average molecular weight is 332 g/mol. The summed E-state index contributed by atoms with van der Waals surface area (Å²) in [6.45, 7) is 2.25. The fraction of sp³-hybridized carbons (Fsp3) is 0.750. The lowest BCUT2D eigenvalue weighted by molar-refractivity contribution is -0.137. The molecule has 1 aliphatic carbocycles. The van der Waals surface area contributed by atoms with E-state index >= 15 is 0 Å². The molecule has 1 heterocycles. The average Bonchev–Trinajstić information content (AvgIpc) is 3.15. The summed E-state index contributed by atoms with van der Waals surface area (Å²) in [4.78, 5) is 10.5. The molecule has 0 saturated heterocycles. The van der Waals surface area contributed by atoms with Crippen LogP contribution in [0.2, 0.25) is 0 Å². The highest BCUT2D eigenvalue weighted by Gasteiger charge is 2.45. The first-order valence-electron chi connectivity index (χ1n) is 9.65. The number of fused-ring (bicyclic) bond motifs is 2. The van der Waals surface area contributed by atoms with Crippen molar-refractivity contribution in [3.8, 4) is 0 Å². The van der Waals surface area contributed by atoms with Gasteiger partial charge in [-0.15, -0.1) is 0 Å². The van der Waals surface area contributed by atoms with E-state index in [1.807, 2.05) is 0 Å². The van der Waals surface area contributed by atoms with Gasteiger partial charge in [0.1, 0.15) is 0 Å². The highest BCUT2D eigenvalue weighted by Crippen LogP contribution is 2.44. The number of rotatable bonds is 12. The molecule has 1 N–H and O–H groups in total. The number of nitrogens with zero attached hydrogens (tertiary/aromatic N) is 2. The third kappa shape index (κ3) is 5.88. The van der Waals surface area contributed by atoms with Gasteiger partial charge in [0.2, 0.25) is 0 Å². The van der Waals surface area contributed by atoms with E-state index in [0.717, 1.165) is 25.7 Å². The Morgan fingerprint density at radius 2 is 1.83 bits per heavy atom. The molecule has 0 aromatic carbocycles. The van der Waals surface area contributed by atoms with E-state index in [4.69, 9.17) is 5.11 Å². The van der Waals surface area contributed by atoms with E-state index in [-0.39, 0.29) is 6.42 Å². The minimum absolute atomic E-state index is 0.260. The third-order valence-corrected chi connectivity index (χ3v) is 5.20. The lowest BCUT2D eigenvalue weighted by Crippen LogP contribution is -2.21. The topological polar surface area (TPSA) is 62.0 Å². The maximum Gasteiger partial charge on any atom is 0.303 e. The van der Waals surface area contributed by atoms with Gasteiger partial charge in [0.25, 0.3) is 0 Å². The zero-order valence-electron chi connectivity index (χ0n) is 14.9. The van der Waals surface area contributed by atoms with Crippen LogP contribution >= 0.6 is 0 Å². The number of azo groups is 1. The van der Waals surface area contributed by atoms with Crippen molar-refractivity contribution < 1.29 is 9.90 Å². The quantitative estimate of drug-likeness (QED) is 0.376. The van der Waals surface area contributed by atoms with Crippen LogP contribution in [-0.4, -0.2) is 23.2 Å². The first kappa shape index (κ1) is 18.9. The molecule has 0 aromatic rings. The van der Waals surface area contributed by atoms with Crippen molar-refractivity contribution in [1.29, 1.82) is 0 Å². The Morgan fingerprint density at radius 3 is 2.62 bits per heavy atom. The molecule has 2 bridgehead atoms. The fourth-order valence-electron chi connectivity index (χ4n) is 3.82. The van der Waals surface area contributed by atoms with Crippen molar-refractivity contribution >= 4 is 5.97 Å². The van der Waals surface area contributed by atoms with Crippen LogP contribution in [0.1, 0.15) is 71.1 Å². The summed E-state index contributed by atoms with van der Waals surface area (Å²) in [5.74, 6) is 0.415. The summed E-state index contributed by atoms with van der Waals surface area (Å²) >= 11 is 0. The van der Waals surface area contributed by atoms with Crippen LogP contribution in [0.25, 0.3) is 0 Å². The van der Waals surface area contributed by atoms with Gasteiger partial charge in [0, 0.05) is 12.3 Å². The minimum Gasteiger partial charge on any atom is -0.481 e. The number of carboxylic acids is 1. The van der Waals surface area contributed by atoms with Crippen LogP contribution < -0.4 is 0 Å². The molecule has 2 rings (SSSR count). The highest BCUT2D eigenvalue weighted by molar-refractivity contribution is 5.66. The van der Waals surface area contributed by atoms with Gasteiger partial charge < -0.3 is 5.11 Å². The van der Waals surface area contributed by atoms with Crippen molar-refractivity contribution in [2.45, 2.75) is 83.2 Å². The molecule has 1 fully saturated rings. The maximum absolute atomic E-state index is 10.5. The summed E-state index contributed by atoms with van der Waals surface area (Å²) < 4.78 is 0. The van der Waals surface area contributed by atoms with E-state index in [9.17, 15) is 4.79 Å². The van der Waals surface area contributed by atoms with Crippen molar-refractivity contribution in [3.05, 3.63) is 24.3 Å². The highest BCUT2D eigenvalue weighted by atomic mass is 16.4. The van der Waals surface area contributed by atoms with E-state index in [0.29, 0.717) is 23.9 Å². The first-order chi connectivity index (χ1) is 11.7. The van der Waals surface area contributed by atoms with Gasteiger partial charge in [-0.1, -0.05) is 50.5 Å². The van der Waals surface area contributed by atoms with Gasteiger partial charge in [0.05, 0.1) is 12.1 Å². The Kier molecular flexibility index (Phi) is 8.20. The molecule has 4 atom stereocenters. The SMILES string of the molecule is CCCCCC/C=C/[C@@H]1[C@@H](C/C=C\CCCC(=O)O)[C@H]2C[C@H]1N=N2. The van der Waals surface area contributed by atoms with E-state index in [2.05, 4.69) is 41.5 Å². The van der Waals surface area contributed by atoms with Crippen molar-refractivity contribution in [1.82, 2.24) is 0 Å². The van der Waals surface area contributed by atoms with Crippen LogP contribution in [-0.2, 0) is 4.79 Å². The lowest BCUT2D eigenvalue weighted by Gasteiger charge is -2.22. The molecule has 0 amide bonds. The lowest BCUT2D eigenvalue weighted by atomic mass is 9.87. The molecule has 1 saturated carbocycles. The molecule has 134 valence electrons. The number of unbranched alkanes of at least 4 members (excludes halogenated alkanes) is 5. The summed E-state index contributed by atoms with van der Waals surface area (Å²) in [6, 6.07) is 0.792. The zero-order valence-corrected chi connectivity index (χ0v) is 14.9. The van der Waals surface area contributed by atoms with Crippen LogP contribution in [0.5, 0.6) is 0 Å². The summed E-state index contributed by atoms with van der Waals surface area (Å²) in [5.41, 5.74) is 0. The van der Waals surface area contributed by atoms with Crippen LogP contribution in [0, 0.1) is 11.8 Å². The van der Waals surface area contributed by atoms with Crippen molar-refractivity contribution in [2.24, 2.45) is 22.1 Å². The summed E-state index contributed by atoms with van der Waals surface area (Å²) in [7, 11) is 0. The smallest absolute Gasteiger partial charge is 0.303 e. The van der Waals surface area contributed by atoms with Crippen LogP contribution in [0.3, 0.4) is 0 Å². The van der Waals surface area contributed by atoms with Gasteiger partial charge in [-0.05, 0) is 44.4 Å². The summed E-state index contributed by atoms with van der Waals surface area (Å²) in [5, 5.41) is 17.5. The van der Waals surface area contributed by atoms with E-state index in [1.54, 1.807) is 0 Å². The molecule has 1 aliphatic heterocycles. The molecule has 2 aliphatic rings. The molecule has 0 aromatic heterocycles. The molecule has 0 unspecified atom stereocenters.